The van der Waals surface area contributed by atoms with Crippen molar-refractivity contribution in [2.24, 2.45) is 17.6 Å². The molecule has 10 nitrogen and oxygen atoms in total. The van der Waals surface area contributed by atoms with Crippen LogP contribution in [0.15, 0.2) is 28.7 Å². The number of allylic oxidation sites excluding steroid dienone is 1. The van der Waals surface area contributed by atoms with Crippen LogP contribution in [0.5, 0.6) is 5.75 Å². The third kappa shape index (κ3) is 3.31. The number of carbonyl (C=O) groups is 2. The van der Waals surface area contributed by atoms with E-state index >= 15 is 0 Å². The minimum Gasteiger partial charge on any atom is -0.510 e. The van der Waals surface area contributed by atoms with Crippen LogP contribution >= 0.6 is 0 Å². The Morgan fingerprint density at radius 2 is 1.93 bits per heavy atom. The Bertz CT molecular complexity index is 1410. The Kier molecular flexibility index (Phi) is 5.71. The molecule has 0 radical (unpaired) electrons. The fourth-order valence-corrected chi connectivity index (χ4v) is 7.69. The predicted molar refractivity (Wildman–Crippen MR) is 132 cm³/mol. The number of likely N-dealkylation sites (N-methyl/N-ethyl adjacent to an activating group) is 1. The van der Waals surface area contributed by atoms with E-state index in [-0.39, 0.29) is 29.5 Å². The van der Waals surface area contributed by atoms with Crippen molar-refractivity contribution in [3.63, 3.8) is 0 Å². The molecule has 216 valence electrons. The number of amides is 1. The number of nitrogens with two attached hydrogens (primary N) is 1. The number of aliphatic hydroxyl groups excluding tert-OH is 2. The summed E-state index contributed by atoms with van der Waals surface area (Å²) in [7, 11) is 3.14. The molecule has 6 atom stereocenters. The number of carbonyl (C=O) groups excluding carboxylic acids is 2. The lowest BCUT2D eigenvalue weighted by Crippen LogP contribution is -2.57. The fourth-order valence-electron chi connectivity index (χ4n) is 7.69. The van der Waals surface area contributed by atoms with Gasteiger partial charge in [-0.05, 0) is 69.4 Å². The average molecular weight is 566 g/mol. The number of nitrogens with one attached hydrogen (secondary N) is 1. The third-order valence-corrected chi connectivity index (χ3v) is 9.24. The lowest BCUT2D eigenvalue weighted by atomic mass is 9.59. The first-order valence-electron chi connectivity index (χ1n) is 13.2. The number of rotatable bonds is 3. The number of phenols is 1. The van der Waals surface area contributed by atoms with E-state index in [1.54, 1.807) is 14.1 Å². The van der Waals surface area contributed by atoms with Crippen molar-refractivity contribution in [1.29, 1.82) is 0 Å². The molecule has 1 aromatic carbocycles. The molecule has 6 rings (SSSR count). The maximum absolute atomic E-state index is 14.7. The van der Waals surface area contributed by atoms with Gasteiger partial charge in [-0.15, -0.1) is 0 Å². The first-order valence-corrected chi connectivity index (χ1v) is 13.2. The summed E-state index contributed by atoms with van der Waals surface area (Å²) >= 11 is 0. The maximum atomic E-state index is 14.7. The number of primary amides is 1. The summed E-state index contributed by atoms with van der Waals surface area (Å²) in [5, 5.41) is 47.8. The first-order chi connectivity index (χ1) is 18.7. The van der Waals surface area contributed by atoms with Crippen LogP contribution in [0.2, 0.25) is 0 Å². The normalized spacial score (nSPS) is 35.2. The van der Waals surface area contributed by atoms with E-state index in [0.29, 0.717) is 19.4 Å². The van der Waals surface area contributed by atoms with Crippen molar-refractivity contribution >= 4 is 11.7 Å². The van der Waals surface area contributed by atoms with Crippen LogP contribution in [-0.2, 0) is 22.1 Å². The molecule has 40 heavy (non-hydrogen) atoms. The molecule has 5 aliphatic rings. The molecular weight excluding hydrogens is 535 g/mol. The zero-order valence-electron chi connectivity index (χ0n) is 21.8. The molecule has 7 N–H and O–H groups in total. The van der Waals surface area contributed by atoms with E-state index in [1.165, 1.54) is 4.90 Å². The summed E-state index contributed by atoms with van der Waals surface area (Å²) in [4.78, 5) is 27.6. The lowest BCUT2D eigenvalue weighted by Gasteiger charge is -2.46. The number of phenolic OH excluding ortho intramolecular Hbond substituents is 1. The number of alkyl halides is 3. The van der Waals surface area contributed by atoms with Gasteiger partial charge < -0.3 is 36.2 Å². The largest absolute Gasteiger partial charge is 0.510 e. The number of benzene rings is 1. The highest BCUT2D eigenvalue weighted by molar-refractivity contribution is 6.14. The van der Waals surface area contributed by atoms with E-state index in [1.807, 2.05) is 0 Å². The summed E-state index contributed by atoms with van der Waals surface area (Å²) in [5.41, 5.74) is 0.445. The van der Waals surface area contributed by atoms with Crippen LogP contribution < -0.4 is 11.1 Å². The van der Waals surface area contributed by atoms with Gasteiger partial charge in [-0.2, -0.15) is 13.2 Å². The second-order valence-electron chi connectivity index (χ2n) is 11.6. The van der Waals surface area contributed by atoms with Gasteiger partial charge in [0.2, 0.25) is 5.79 Å². The molecule has 0 saturated carbocycles. The van der Waals surface area contributed by atoms with Gasteiger partial charge in [0.05, 0.1) is 17.2 Å². The Morgan fingerprint density at radius 3 is 2.50 bits per heavy atom. The van der Waals surface area contributed by atoms with Gasteiger partial charge in [0.25, 0.3) is 5.91 Å². The highest BCUT2D eigenvalue weighted by Gasteiger charge is 2.84. The minimum absolute atomic E-state index is 0.0736. The topological polar surface area (TPSA) is 169 Å². The standard InChI is InChI=1S/C27H30F3N3O7/c1-33(2)20-13-8-10-7-12-17(15(34)9-11(18(12)27(28,29)30)14-5-3-4-6-32-14)21(35)16(10)23(37)25(13)26(39,40-25)19(22(20)36)24(31)38/h9-10,13-14,20,32,34,36-37,39H,3-8H2,1-2H3,(H2,31,38)/t10-,13-,14?,20-,25-,26?/m0/s1. The minimum atomic E-state index is -4.83. The fraction of sp³-hybridized carbons (Fsp3) is 0.556. The molecule has 0 aromatic heterocycles. The third-order valence-electron chi connectivity index (χ3n) is 9.24. The SMILES string of the molecule is CN(C)[C@@H]1C(O)=C(C(N)=O)C2(O)O[C@@]23C(O)=C2C(=O)c4c(O)cc(C5CCCCN5)c(C(F)(F)F)c4C[C@H]2C[C@@H]13. The molecule has 2 saturated heterocycles. The Labute approximate surface area is 226 Å². The second-order valence-corrected chi connectivity index (χ2v) is 11.6. The van der Waals surface area contributed by atoms with E-state index < -0.39 is 87.1 Å². The van der Waals surface area contributed by atoms with E-state index in [2.05, 4.69) is 5.32 Å². The predicted octanol–water partition coefficient (Wildman–Crippen LogP) is 2.11. The summed E-state index contributed by atoms with van der Waals surface area (Å²) in [5.74, 6) is -8.59. The molecule has 2 unspecified atom stereocenters. The van der Waals surface area contributed by atoms with Crippen molar-refractivity contribution in [2.75, 3.05) is 20.6 Å². The number of fused-ring (bicyclic) bond motifs is 2. The van der Waals surface area contributed by atoms with Crippen LogP contribution in [0.3, 0.4) is 0 Å². The van der Waals surface area contributed by atoms with Crippen molar-refractivity contribution in [3.05, 3.63) is 51.0 Å². The molecule has 2 heterocycles. The zero-order valence-corrected chi connectivity index (χ0v) is 21.8. The van der Waals surface area contributed by atoms with Gasteiger partial charge in [0.15, 0.2) is 11.4 Å². The number of nitrogens with zero attached hydrogens (tertiary/aromatic N) is 1. The maximum Gasteiger partial charge on any atom is 0.417 e. The Balaban J connectivity index is 1.55. The van der Waals surface area contributed by atoms with Gasteiger partial charge in [0.1, 0.15) is 22.8 Å². The van der Waals surface area contributed by atoms with Crippen molar-refractivity contribution in [1.82, 2.24) is 10.2 Å². The zero-order chi connectivity index (χ0) is 29.1. The molecule has 2 aliphatic heterocycles. The van der Waals surface area contributed by atoms with Gasteiger partial charge >= 0.3 is 6.18 Å². The van der Waals surface area contributed by atoms with Crippen LogP contribution in [0, 0.1) is 11.8 Å². The van der Waals surface area contributed by atoms with E-state index in [9.17, 15) is 43.2 Å². The lowest BCUT2D eigenvalue weighted by molar-refractivity contribution is -0.139. The molecule has 1 amide bonds. The number of ketones is 1. The number of aliphatic hydroxyl groups is 3. The van der Waals surface area contributed by atoms with Crippen molar-refractivity contribution in [3.8, 4) is 5.75 Å². The number of hydrogen-bond acceptors (Lipinski definition) is 9. The number of halogens is 3. The highest BCUT2D eigenvalue weighted by Crippen LogP contribution is 2.68. The molecule has 2 fully saturated rings. The Morgan fingerprint density at radius 1 is 1.23 bits per heavy atom. The molecule has 3 aliphatic carbocycles. The van der Waals surface area contributed by atoms with Crippen molar-refractivity contribution in [2.45, 2.75) is 61.8 Å². The number of Topliss-reactive ketones (excluding diaryl/α,β-unsaturated/α-hetero) is 1. The average Bonchev–Trinajstić information content (AvgIpc) is 3.48. The van der Waals surface area contributed by atoms with Gasteiger partial charge in [0, 0.05) is 17.5 Å². The summed E-state index contributed by atoms with van der Waals surface area (Å²) in [6.45, 7) is 0.519. The summed E-state index contributed by atoms with van der Waals surface area (Å²) < 4.78 is 49.5. The van der Waals surface area contributed by atoms with Gasteiger partial charge in [-0.3, -0.25) is 14.5 Å². The summed E-state index contributed by atoms with van der Waals surface area (Å²) in [6.07, 6.45) is -3.29. The number of ether oxygens (including phenoxy) is 1. The molecule has 0 bridgehead atoms. The Hall–Kier alpha value is -3.13. The van der Waals surface area contributed by atoms with Crippen molar-refractivity contribution < 1.29 is 47.9 Å². The van der Waals surface area contributed by atoms with E-state index in [0.717, 1.165) is 12.5 Å². The molecule has 1 spiro atoms. The number of hydrogen-bond donors (Lipinski definition) is 6. The molecule has 1 aromatic rings. The van der Waals surface area contributed by atoms with Gasteiger partial charge in [-0.1, -0.05) is 6.42 Å². The van der Waals surface area contributed by atoms with Crippen LogP contribution in [0.1, 0.15) is 58.8 Å². The van der Waals surface area contributed by atoms with Crippen LogP contribution in [-0.4, -0.2) is 75.1 Å². The quantitative estimate of drug-likeness (QED) is 0.301. The van der Waals surface area contributed by atoms with Crippen LogP contribution in [0.4, 0.5) is 13.2 Å². The highest BCUT2D eigenvalue weighted by atomic mass is 19.4. The van der Waals surface area contributed by atoms with Gasteiger partial charge in [-0.25, -0.2) is 0 Å². The van der Waals surface area contributed by atoms with Crippen LogP contribution in [0.25, 0.3) is 0 Å². The smallest absolute Gasteiger partial charge is 0.417 e. The molecule has 13 heteroatoms. The number of epoxide rings is 1. The summed E-state index contributed by atoms with van der Waals surface area (Å²) in [6, 6.07) is -0.695. The number of aromatic hydroxyl groups is 1. The first kappa shape index (κ1) is 27.1. The molecular formula is C27H30F3N3O7. The second kappa shape index (κ2) is 8.44. The number of piperidine rings is 1. The monoisotopic (exact) mass is 565 g/mol. The van der Waals surface area contributed by atoms with E-state index in [4.69, 9.17) is 10.5 Å².